The van der Waals surface area contributed by atoms with Crippen molar-refractivity contribution < 1.29 is 14.6 Å². The van der Waals surface area contributed by atoms with E-state index in [1.165, 1.54) is 18.4 Å². The molecule has 3 rings (SSSR count). The second kappa shape index (κ2) is 8.19. The summed E-state index contributed by atoms with van der Waals surface area (Å²) in [6.45, 7) is 5.01. The molecular formula is C19H30N2O3. The molecule has 1 aromatic carbocycles. The molecule has 5 heteroatoms. The van der Waals surface area contributed by atoms with Crippen LogP contribution in [0.25, 0.3) is 0 Å². The van der Waals surface area contributed by atoms with Crippen molar-refractivity contribution in [2.75, 3.05) is 40.4 Å². The highest BCUT2D eigenvalue weighted by molar-refractivity contribution is 5.46. The second-order valence-electron chi connectivity index (χ2n) is 6.88. The van der Waals surface area contributed by atoms with Crippen LogP contribution in [0.4, 0.5) is 0 Å². The van der Waals surface area contributed by atoms with Crippen molar-refractivity contribution in [3.05, 3.63) is 23.8 Å². The van der Waals surface area contributed by atoms with Gasteiger partial charge in [-0.25, -0.2) is 0 Å². The Kier molecular flexibility index (Phi) is 5.98. The number of hydrogen-bond donors (Lipinski definition) is 1. The molecule has 2 atom stereocenters. The first-order chi connectivity index (χ1) is 11.7. The molecule has 0 amide bonds. The van der Waals surface area contributed by atoms with Crippen molar-refractivity contribution in [2.45, 2.75) is 44.4 Å². The lowest BCUT2D eigenvalue weighted by atomic mass is 9.91. The smallest absolute Gasteiger partial charge is 0.165 e. The highest BCUT2D eigenvalue weighted by Crippen LogP contribution is 2.32. The van der Waals surface area contributed by atoms with Gasteiger partial charge in [-0.1, -0.05) is 25.0 Å². The van der Waals surface area contributed by atoms with E-state index in [0.29, 0.717) is 6.04 Å². The quantitative estimate of drug-likeness (QED) is 0.894. The number of nitrogens with zero attached hydrogens (tertiary/aromatic N) is 2. The van der Waals surface area contributed by atoms with Crippen LogP contribution < -0.4 is 9.47 Å². The number of hydrogen-bond acceptors (Lipinski definition) is 5. The molecule has 1 saturated heterocycles. The van der Waals surface area contributed by atoms with Gasteiger partial charge in [0.2, 0.25) is 0 Å². The maximum Gasteiger partial charge on any atom is 0.165 e. The Morgan fingerprint density at radius 2 is 1.79 bits per heavy atom. The highest BCUT2D eigenvalue weighted by atomic mass is 16.5. The molecule has 0 radical (unpaired) electrons. The van der Waals surface area contributed by atoms with Crippen LogP contribution in [0.5, 0.6) is 11.5 Å². The van der Waals surface area contributed by atoms with Crippen LogP contribution >= 0.6 is 0 Å². The van der Waals surface area contributed by atoms with Crippen molar-refractivity contribution in [2.24, 2.45) is 0 Å². The van der Waals surface area contributed by atoms with E-state index >= 15 is 0 Å². The number of rotatable bonds is 5. The van der Waals surface area contributed by atoms with E-state index in [9.17, 15) is 5.11 Å². The number of piperazine rings is 1. The van der Waals surface area contributed by atoms with Crippen molar-refractivity contribution in [1.29, 1.82) is 0 Å². The van der Waals surface area contributed by atoms with E-state index in [2.05, 4.69) is 15.9 Å². The zero-order valence-corrected chi connectivity index (χ0v) is 14.9. The number of benzene rings is 1. The van der Waals surface area contributed by atoms with Gasteiger partial charge >= 0.3 is 0 Å². The van der Waals surface area contributed by atoms with E-state index in [0.717, 1.165) is 57.1 Å². The van der Waals surface area contributed by atoms with Crippen LogP contribution in [0.15, 0.2) is 18.2 Å². The summed E-state index contributed by atoms with van der Waals surface area (Å²) in [5.74, 6) is 1.63. The molecule has 1 aliphatic carbocycles. The highest BCUT2D eigenvalue weighted by Gasteiger charge is 2.31. The second-order valence-corrected chi connectivity index (χ2v) is 6.88. The molecule has 2 fully saturated rings. The Bertz CT molecular complexity index is 529. The molecule has 1 N–H and O–H groups in total. The lowest BCUT2D eigenvalue weighted by molar-refractivity contribution is -0.00481. The first-order valence-electron chi connectivity index (χ1n) is 9.07. The number of ether oxygens (including phenoxy) is 2. The van der Waals surface area contributed by atoms with Crippen LogP contribution in [0, 0.1) is 0 Å². The summed E-state index contributed by atoms with van der Waals surface area (Å²) in [5, 5.41) is 10.3. The van der Waals surface area contributed by atoms with E-state index in [1.807, 2.05) is 12.1 Å². The monoisotopic (exact) mass is 334 g/mol. The molecule has 2 aliphatic rings. The predicted octanol–water partition coefficient (Wildman–Crippen LogP) is 2.12. The van der Waals surface area contributed by atoms with Gasteiger partial charge in [-0.3, -0.25) is 9.80 Å². The average Bonchev–Trinajstić information content (AvgIpc) is 2.62. The molecule has 5 nitrogen and oxygen atoms in total. The summed E-state index contributed by atoms with van der Waals surface area (Å²) in [5.41, 5.74) is 1.17. The molecular weight excluding hydrogens is 304 g/mol. The van der Waals surface area contributed by atoms with E-state index < -0.39 is 0 Å². The Balaban J connectivity index is 1.58. The summed E-state index contributed by atoms with van der Waals surface area (Å²) in [6, 6.07) is 6.43. The van der Waals surface area contributed by atoms with E-state index in [1.54, 1.807) is 14.2 Å². The fraction of sp³-hybridized carbons (Fsp3) is 0.684. The SMILES string of the molecule is COc1cccc(CN2CCN([C@@H]3CCCC[C@H]3O)CC2)c1OC. The third kappa shape index (κ3) is 3.85. The van der Waals surface area contributed by atoms with Crippen molar-refractivity contribution >= 4 is 0 Å². The van der Waals surface area contributed by atoms with Gasteiger partial charge < -0.3 is 14.6 Å². The van der Waals surface area contributed by atoms with Gasteiger partial charge in [-0.2, -0.15) is 0 Å². The van der Waals surface area contributed by atoms with Gasteiger partial charge in [-0.05, 0) is 18.9 Å². The molecule has 1 aromatic rings. The Hall–Kier alpha value is -1.30. The zero-order valence-electron chi connectivity index (χ0n) is 14.9. The van der Waals surface area contributed by atoms with Gasteiger partial charge in [0.05, 0.1) is 20.3 Å². The number of aliphatic hydroxyl groups is 1. The maximum absolute atomic E-state index is 10.3. The zero-order chi connectivity index (χ0) is 16.9. The lowest BCUT2D eigenvalue weighted by Crippen LogP contribution is -2.54. The van der Waals surface area contributed by atoms with Crippen LogP contribution in [0.3, 0.4) is 0 Å². The summed E-state index contributed by atoms with van der Waals surface area (Å²) in [7, 11) is 3.37. The van der Waals surface area contributed by atoms with Crippen LogP contribution in [0.2, 0.25) is 0 Å². The largest absolute Gasteiger partial charge is 0.493 e. The van der Waals surface area contributed by atoms with E-state index in [-0.39, 0.29) is 6.10 Å². The summed E-state index contributed by atoms with van der Waals surface area (Å²) >= 11 is 0. The Morgan fingerprint density at radius 1 is 1.04 bits per heavy atom. The van der Waals surface area contributed by atoms with Gasteiger partial charge in [0.1, 0.15) is 0 Å². The van der Waals surface area contributed by atoms with Gasteiger partial charge in [0.15, 0.2) is 11.5 Å². The fourth-order valence-electron chi connectivity index (χ4n) is 4.09. The molecule has 0 bridgehead atoms. The molecule has 134 valence electrons. The fourth-order valence-corrected chi connectivity index (χ4v) is 4.09. The van der Waals surface area contributed by atoms with Gasteiger partial charge in [0.25, 0.3) is 0 Å². The molecule has 0 aromatic heterocycles. The summed E-state index contributed by atoms with van der Waals surface area (Å²) < 4.78 is 10.9. The number of aliphatic hydroxyl groups excluding tert-OH is 1. The minimum atomic E-state index is -0.135. The van der Waals surface area contributed by atoms with Crippen LogP contribution in [0.1, 0.15) is 31.2 Å². The van der Waals surface area contributed by atoms with E-state index in [4.69, 9.17) is 9.47 Å². The normalized spacial score (nSPS) is 26.3. The first kappa shape index (κ1) is 17.5. The molecule has 0 spiro atoms. The standard InChI is InChI=1S/C19H30N2O3/c1-23-18-9-5-6-15(19(18)24-2)14-20-10-12-21(13-11-20)16-7-3-4-8-17(16)22/h5-6,9,16-17,22H,3-4,7-8,10-14H2,1-2H3/t16-,17-/m1/s1. The van der Waals surface area contributed by atoms with Gasteiger partial charge in [0, 0.05) is 44.3 Å². The Labute approximate surface area is 145 Å². The van der Waals surface area contributed by atoms with Crippen molar-refractivity contribution in [3.8, 4) is 11.5 Å². The molecule has 1 saturated carbocycles. The van der Waals surface area contributed by atoms with Crippen molar-refractivity contribution in [1.82, 2.24) is 9.80 Å². The lowest BCUT2D eigenvalue weighted by Gasteiger charge is -2.42. The predicted molar refractivity (Wildman–Crippen MR) is 94.7 cm³/mol. The van der Waals surface area contributed by atoms with Crippen molar-refractivity contribution in [3.63, 3.8) is 0 Å². The number of para-hydroxylation sites is 1. The minimum Gasteiger partial charge on any atom is -0.493 e. The van der Waals surface area contributed by atoms with Crippen LogP contribution in [-0.4, -0.2) is 67.5 Å². The number of methoxy groups -OCH3 is 2. The van der Waals surface area contributed by atoms with Gasteiger partial charge in [-0.15, -0.1) is 0 Å². The molecule has 1 heterocycles. The first-order valence-corrected chi connectivity index (χ1v) is 9.07. The third-order valence-electron chi connectivity index (χ3n) is 5.45. The summed E-state index contributed by atoms with van der Waals surface area (Å²) in [4.78, 5) is 4.95. The molecule has 1 aliphatic heterocycles. The maximum atomic E-state index is 10.3. The molecule has 0 unspecified atom stereocenters. The third-order valence-corrected chi connectivity index (χ3v) is 5.45. The summed E-state index contributed by atoms with van der Waals surface area (Å²) in [6.07, 6.45) is 4.40. The average molecular weight is 334 g/mol. The topological polar surface area (TPSA) is 45.2 Å². The minimum absolute atomic E-state index is 0.135. The molecule has 24 heavy (non-hydrogen) atoms. The Morgan fingerprint density at radius 3 is 2.46 bits per heavy atom. The van der Waals surface area contributed by atoms with Crippen LogP contribution in [-0.2, 0) is 6.54 Å².